The number of rotatable bonds is 21. The molecule has 18 nitrogen and oxygen atoms in total. The summed E-state index contributed by atoms with van der Waals surface area (Å²) in [6.07, 6.45) is 8.24. The van der Waals surface area contributed by atoms with E-state index in [1.807, 2.05) is 48.5 Å². The number of sulfonamides is 2. The first kappa shape index (κ1) is 50.0. The summed E-state index contributed by atoms with van der Waals surface area (Å²) in [5.41, 5.74) is 5.52. The number of nitrogens with zero attached hydrogens (tertiary/aromatic N) is 4. The van der Waals surface area contributed by atoms with Gasteiger partial charge >= 0.3 is 0 Å². The first-order valence-electron chi connectivity index (χ1n) is 23.0. The maximum atomic E-state index is 14.1. The third-order valence-corrected chi connectivity index (χ3v) is 13.6. The highest BCUT2D eigenvalue weighted by atomic mass is 32.2. The van der Waals surface area contributed by atoms with Gasteiger partial charge in [0, 0.05) is 49.6 Å². The molecule has 4 aromatic carbocycles. The van der Waals surface area contributed by atoms with Crippen LogP contribution in [0.5, 0.6) is 11.5 Å². The van der Waals surface area contributed by atoms with E-state index in [0.29, 0.717) is 84.8 Å². The number of nitrogens with one attached hydrogen (secondary N) is 4. The van der Waals surface area contributed by atoms with Crippen LogP contribution in [0.2, 0.25) is 0 Å². The minimum absolute atomic E-state index is 0.260. The highest BCUT2D eigenvalue weighted by Gasteiger charge is 2.39. The van der Waals surface area contributed by atoms with Crippen molar-refractivity contribution >= 4 is 31.9 Å². The number of methoxy groups -OCH3 is 2. The average Bonchev–Trinajstić information content (AvgIpc) is 4.20. The molecule has 0 spiro atoms. The predicted molar refractivity (Wildman–Crippen MR) is 263 cm³/mol. The summed E-state index contributed by atoms with van der Waals surface area (Å²) in [5.74, 6) is 1.56. The number of benzene rings is 4. The largest absolute Gasteiger partial charge is 0.491 e. The van der Waals surface area contributed by atoms with Crippen molar-refractivity contribution in [2.24, 2.45) is 0 Å². The monoisotopic (exact) mass is 994 g/mol. The summed E-state index contributed by atoms with van der Waals surface area (Å²) in [6, 6.07) is 26.3. The number of aromatic nitrogens is 4. The van der Waals surface area contributed by atoms with Gasteiger partial charge in [-0.1, -0.05) is 72.8 Å². The van der Waals surface area contributed by atoms with Crippen LogP contribution >= 0.6 is 0 Å². The molecule has 2 aliphatic rings. The van der Waals surface area contributed by atoms with Crippen molar-refractivity contribution in [3.05, 3.63) is 132 Å². The molecule has 20 heteroatoms. The van der Waals surface area contributed by atoms with Gasteiger partial charge in [-0.2, -0.15) is 9.44 Å². The van der Waals surface area contributed by atoms with Gasteiger partial charge < -0.3 is 38.7 Å². The van der Waals surface area contributed by atoms with E-state index in [1.54, 1.807) is 84.9 Å². The standard InChI is InChI=1S/C50H58N8O10S2/c1-65-25-27-67-43-29-35(39-31-51-47(53-39)41-17-11-23-57(41)49(59)45(55-69(3,61)62)33-13-7-5-8-14-33)19-21-37(43)38-22-20-36(30-44(38)68-28-26-66-2)40-32-52-48(54-40)42-18-12-24-58(42)50(60)46(56-70(4,63)64)34-15-9-6-10-16-34/h5-10,13-16,19-22,29-32,41-42,45-46,55-56H,11-12,17-18,23-28H2,1-4H3,(H,51,53)(H,52,54). The van der Waals surface area contributed by atoms with E-state index in [4.69, 9.17) is 28.9 Å². The van der Waals surface area contributed by atoms with Crippen LogP contribution in [0.4, 0.5) is 0 Å². The minimum Gasteiger partial charge on any atom is -0.491 e. The number of imidazole rings is 2. The second kappa shape index (κ2) is 22.1. The molecule has 2 fully saturated rings. The lowest BCUT2D eigenvalue weighted by molar-refractivity contribution is -0.135. The zero-order valence-corrected chi connectivity index (χ0v) is 41.1. The van der Waals surface area contributed by atoms with Gasteiger partial charge in [0.05, 0.1) is 61.6 Å². The van der Waals surface area contributed by atoms with Gasteiger partial charge in [0.2, 0.25) is 31.9 Å². The van der Waals surface area contributed by atoms with Crippen LogP contribution in [-0.2, 0) is 39.1 Å². The third kappa shape index (κ3) is 11.9. The van der Waals surface area contributed by atoms with Crippen LogP contribution in [0.3, 0.4) is 0 Å². The highest BCUT2D eigenvalue weighted by Crippen LogP contribution is 2.42. The molecule has 0 bridgehead atoms. The second-order valence-corrected chi connectivity index (χ2v) is 20.9. The van der Waals surface area contributed by atoms with Crippen LogP contribution in [-0.4, -0.2) is 125 Å². The number of amides is 2. The fraction of sp³-hybridized carbons (Fsp3) is 0.360. The van der Waals surface area contributed by atoms with Gasteiger partial charge in [-0.3, -0.25) is 9.59 Å². The molecular weight excluding hydrogens is 937 g/mol. The van der Waals surface area contributed by atoms with Crippen molar-refractivity contribution in [2.75, 3.05) is 66.2 Å². The number of hydrogen-bond donors (Lipinski definition) is 4. The fourth-order valence-corrected chi connectivity index (χ4v) is 10.4. The van der Waals surface area contributed by atoms with Gasteiger partial charge in [-0.05, 0) is 61.1 Å². The Morgan fingerprint density at radius 3 is 1.39 bits per heavy atom. The van der Waals surface area contributed by atoms with E-state index in [-0.39, 0.29) is 25.0 Å². The molecule has 8 rings (SSSR count). The quantitative estimate of drug-likeness (QED) is 0.0601. The number of aromatic amines is 2. The molecular formula is C50H58N8O10S2. The van der Waals surface area contributed by atoms with E-state index in [0.717, 1.165) is 47.6 Å². The van der Waals surface area contributed by atoms with Crippen molar-refractivity contribution in [3.8, 4) is 45.1 Å². The predicted octanol–water partition coefficient (Wildman–Crippen LogP) is 6.09. The number of likely N-dealkylation sites (tertiary alicyclic amines) is 2. The fourth-order valence-electron chi connectivity index (χ4n) is 9.04. The molecule has 0 aliphatic carbocycles. The Morgan fingerprint density at radius 2 is 1.01 bits per heavy atom. The van der Waals surface area contributed by atoms with Crippen LogP contribution < -0.4 is 18.9 Å². The van der Waals surface area contributed by atoms with Gasteiger partial charge in [0.1, 0.15) is 48.4 Å². The van der Waals surface area contributed by atoms with Gasteiger partial charge in [-0.15, -0.1) is 0 Å². The Morgan fingerprint density at radius 1 is 0.614 bits per heavy atom. The van der Waals surface area contributed by atoms with Crippen molar-refractivity contribution < 1.29 is 45.4 Å². The highest BCUT2D eigenvalue weighted by molar-refractivity contribution is 7.89. The molecule has 6 aromatic rings. The number of ether oxygens (including phenoxy) is 4. The zero-order valence-electron chi connectivity index (χ0n) is 39.5. The summed E-state index contributed by atoms with van der Waals surface area (Å²) in [7, 11) is -4.24. The summed E-state index contributed by atoms with van der Waals surface area (Å²) in [4.78, 5) is 47.9. The van der Waals surface area contributed by atoms with Crippen LogP contribution in [0, 0.1) is 0 Å². The second-order valence-electron chi connectivity index (χ2n) is 17.3. The van der Waals surface area contributed by atoms with Gasteiger partial charge in [0.15, 0.2) is 0 Å². The molecule has 4 N–H and O–H groups in total. The molecule has 0 radical (unpaired) electrons. The first-order valence-corrected chi connectivity index (χ1v) is 26.8. The maximum absolute atomic E-state index is 14.1. The normalized spacial score (nSPS) is 17.1. The lowest BCUT2D eigenvalue weighted by Gasteiger charge is -2.28. The van der Waals surface area contributed by atoms with Crippen LogP contribution in [0.15, 0.2) is 109 Å². The maximum Gasteiger partial charge on any atom is 0.245 e. The number of hydrogen-bond acceptors (Lipinski definition) is 12. The number of carbonyl (C=O) groups is 2. The molecule has 2 saturated heterocycles. The molecule has 4 heterocycles. The molecule has 4 unspecified atom stereocenters. The summed E-state index contributed by atoms with van der Waals surface area (Å²) < 4.78 is 78.2. The van der Waals surface area contributed by atoms with E-state index in [2.05, 4.69) is 19.4 Å². The van der Waals surface area contributed by atoms with Crippen molar-refractivity contribution in [1.29, 1.82) is 0 Å². The van der Waals surface area contributed by atoms with E-state index in [9.17, 15) is 26.4 Å². The van der Waals surface area contributed by atoms with E-state index >= 15 is 0 Å². The molecule has 0 saturated carbocycles. The summed E-state index contributed by atoms with van der Waals surface area (Å²) >= 11 is 0. The Hall–Kier alpha value is -6.42. The van der Waals surface area contributed by atoms with Crippen molar-refractivity contribution in [1.82, 2.24) is 39.2 Å². The smallest absolute Gasteiger partial charge is 0.245 e. The first-order chi connectivity index (χ1) is 33.7. The summed E-state index contributed by atoms with van der Waals surface area (Å²) in [6.45, 7) is 2.08. The van der Waals surface area contributed by atoms with E-state index < -0.39 is 44.2 Å². The molecule has 2 aromatic heterocycles. The van der Waals surface area contributed by atoms with Gasteiger partial charge in [-0.25, -0.2) is 26.8 Å². The van der Waals surface area contributed by atoms with Crippen molar-refractivity contribution in [3.63, 3.8) is 0 Å². The van der Waals surface area contributed by atoms with Gasteiger partial charge in [0.25, 0.3) is 0 Å². The molecule has 2 aliphatic heterocycles. The minimum atomic E-state index is -3.72. The lowest BCUT2D eigenvalue weighted by Crippen LogP contribution is -2.42. The summed E-state index contributed by atoms with van der Waals surface area (Å²) in [5, 5.41) is 0. The van der Waals surface area contributed by atoms with Crippen LogP contribution in [0.1, 0.15) is 72.6 Å². The van der Waals surface area contributed by atoms with E-state index in [1.165, 1.54) is 0 Å². The Labute approximate surface area is 408 Å². The third-order valence-electron chi connectivity index (χ3n) is 12.3. The molecule has 370 valence electrons. The van der Waals surface area contributed by atoms with Crippen molar-refractivity contribution in [2.45, 2.75) is 49.9 Å². The topological polar surface area (TPSA) is 227 Å². The number of H-pyrrole nitrogens is 2. The molecule has 4 atom stereocenters. The SMILES string of the molecule is COCCOc1cc(-c2cnc(C3CCCN3C(=O)C(NS(C)(=O)=O)c3ccccc3)[nH]2)ccc1-c1ccc(-c2cnc(C3CCCN3C(=O)C(NS(C)(=O)=O)c3ccccc3)[nH]2)cc1OCCOC. The average molecular weight is 995 g/mol. The molecule has 2 amide bonds. The number of carbonyl (C=O) groups excluding carboxylic acids is 2. The Balaban J connectivity index is 1.06. The van der Waals surface area contributed by atoms with Crippen LogP contribution in [0.25, 0.3) is 33.6 Å². The Bertz CT molecular complexity index is 2790. The Kier molecular flexibility index (Phi) is 15.8. The lowest BCUT2D eigenvalue weighted by atomic mass is 9.98. The zero-order chi connectivity index (χ0) is 49.4. The molecule has 70 heavy (non-hydrogen) atoms.